The number of carbonyl (C=O) groups is 2. The summed E-state index contributed by atoms with van der Waals surface area (Å²) in [5.74, 6) is -0.608. The molecular weight excluding hydrogens is 322 g/mol. The summed E-state index contributed by atoms with van der Waals surface area (Å²) in [6.07, 6.45) is 8.58. The molecule has 0 radical (unpaired) electrons. The molecule has 0 bridgehead atoms. The zero-order chi connectivity index (χ0) is 18.3. The lowest BCUT2D eigenvalue weighted by atomic mass is 10.0. The summed E-state index contributed by atoms with van der Waals surface area (Å²) >= 11 is 0. The van der Waals surface area contributed by atoms with Crippen LogP contribution in [0.5, 0.6) is 0 Å². The normalized spacial score (nSPS) is 11.5. The number of aromatic nitrogens is 4. The van der Waals surface area contributed by atoms with Gasteiger partial charge in [-0.05, 0) is 32.4 Å². The number of ether oxygens (including phenoxy) is 1. The van der Waals surface area contributed by atoms with Gasteiger partial charge in [-0.3, -0.25) is 9.78 Å². The van der Waals surface area contributed by atoms with Crippen molar-refractivity contribution in [3.8, 4) is 11.3 Å². The van der Waals surface area contributed by atoms with Crippen molar-refractivity contribution < 1.29 is 14.3 Å². The summed E-state index contributed by atoms with van der Waals surface area (Å²) < 4.78 is 6.02. The van der Waals surface area contributed by atoms with Crippen LogP contribution in [0.15, 0.2) is 42.9 Å². The lowest BCUT2D eigenvalue weighted by molar-refractivity contribution is -0.134. The Balaban J connectivity index is 1.96. The minimum atomic E-state index is -0.898. The van der Waals surface area contributed by atoms with Crippen molar-refractivity contribution >= 4 is 11.9 Å². The van der Waals surface area contributed by atoms with E-state index in [1.165, 1.54) is 17.9 Å². The van der Waals surface area contributed by atoms with Gasteiger partial charge in [-0.25, -0.2) is 9.48 Å². The standard InChI is InChI=1S/C17H21N5O3/c1-17(2,16(24)19-9-5-4-6-15(23)25-3)22-12-14(20-21-22)13-7-10-18-11-8-13/h4,6-8,10-12H,5,9H2,1-3H3,(H,19,24)/b6-4+. The van der Waals surface area contributed by atoms with Gasteiger partial charge >= 0.3 is 5.97 Å². The fourth-order valence-electron chi connectivity index (χ4n) is 2.03. The second kappa shape index (κ2) is 8.18. The molecule has 2 rings (SSSR count). The van der Waals surface area contributed by atoms with Gasteiger partial charge in [0.05, 0.1) is 13.3 Å². The van der Waals surface area contributed by atoms with Crippen LogP contribution in [0.1, 0.15) is 20.3 Å². The Morgan fingerprint density at radius 3 is 2.72 bits per heavy atom. The van der Waals surface area contributed by atoms with E-state index in [4.69, 9.17) is 0 Å². The maximum Gasteiger partial charge on any atom is 0.330 e. The molecule has 0 spiro atoms. The minimum Gasteiger partial charge on any atom is -0.466 e. The van der Waals surface area contributed by atoms with Crippen molar-refractivity contribution in [2.75, 3.05) is 13.7 Å². The van der Waals surface area contributed by atoms with Crippen LogP contribution in [0, 0.1) is 0 Å². The van der Waals surface area contributed by atoms with Gasteiger partial charge < -0.3 is 10.1 Å². The van der Waals surface area contributed by atoms with Gasteiger partial charge in [-0.1, -0.05) is 11.3 Å². The van der Waals surface area contributed by atoms with Crippen molar-refractivity contribution in [2.24, 2.45) is 0 Å². The van der Waals surface area contributed by atoms with Gasteiger partial charge in [0.1, 0.15) is 11.2 Å². The van der Waals surface area contributed by atoms with E-state index in [0.717, 1.165) is 5.56 Å². The third-order valence-corrected chi connectivity index (χ3v) is 3.65. The summed E-state index contributed by atoms with van der Waals surface area (Å²) in [6.45, 7) is 3.93. The first-order valence-electron chi connectivity index (χ1n) is 7.81. The smallest absolute Gasteiger partial charge is 0.330 e. The zero-order valence-corrected chi connectivity index (χ0v) is 14.5. The van der Waals surface area contributed by atoms with Gasteiger partial charge in [0.25, 0.3) is 0 Å². The van der Waals surface area contributed by atoms with Crippen molar-refractivity contribution in [1.29, 1.82) is 0 Å². The second-order valence-corrected chi connectivity index (χ2v) is 5.81. The van der Waals surface area contributed by atoms with Crippen molar-refractivity contribution in [3.05, 3.63) is 42.9 Å². The van der Waals surface area contributed by atoms with Crippen LogP contribution in [0.4, 0.5) is 0 Å². The van der Waals surface area contributed by atoms with Crippen LogP contribution < -0.4 is 5.32 Å². The molecule has 2 heterocycles. The number of esters is 1. The van der Waals surface area contributed by atoms with Crippen LogP contribution >= 0.6 is 0 Å². The molecule has 132 valence electrons. The van der Waals surface area contributed by atoms with Crippen molar-refractivity contribution in [1.82, 2.24) is 25.3 Å². The molecule has 2 aromatic heterocycles. The van der Waals surface area contributed by atoms with E-state index in [2.05, 4.69) is 25.3 Å². The Kier molecular flexibility index (Phi) is 5.99. The molecule has 1 amide bonds. The van der Waals surface area contributed by atoms with Gasteiger partial charge in [0, 0.05) is 30.6 Å². The summed E-state index contributed by atoms with van der Waals surface area (Å²) in [4.78, 5) is 27.4. The molecule has 0 fully saturated rings. The molecule has 0 saturated heterocycles. The number of hydrogen-bond acceptors (Lipinski definition) is 6. The number of carbonyl (C=O) groups excluding carboxylic acids is 2. The first-order valence-corrected chi connectivity index (χ1v) is 7.81. The Hall–Kier alpha value is -3.03. The van der Waals surface area contributed by atoms with Gasteiger partial charge in [0.15, 0.2) is 0 Å². The monoisotopic (exact) mass is 343 g/mol. The number of nitrogens with zero attached hydrogens (tertiary/aromatic N) is 4. The third-order valence-electron chi connectivity index (χ3n) is 3.65. The molecule has 0 aromatic carbocycles. The zero-order valence-electron chi connectivity index (χ0n) is 14.5. The average Bonchev–Trinajstić information content (AvgIpc) is 3.12. The topological polar surface area (TPSA) is 99.0 Å². The Labute approximate surface area is 145 Å². The summed E-state index contributed by atoms with van der Waals surface area (Å²) in [7, 11) is 1.31. The highest BCUT2D eigenvalue weighted by Gasteiger charge is 2.31. The molecule has 8 heteroatoms. The second-order valence-electron chi connectivity index (χ2n) is 5.81. The number of pyridine rings is 1. The molecule has 1 N–H and O–H groups in total. The Morgan fingerprint density at radius 2 is 2.04 bits per heavy atom. The minimum absolute atomic E-state index is 0.190. The summed E-state index contributed by atoms with van der Waals surface area (Å²) in [5.41, 5.74) is 0.652. The predicted molar refractivity (Wildman–Crippen MR) is 91.4 cm³/mol. The quantitative estimate of drug-likeness (QED) is 0.462. The van der Waals surface area contributed by atoms with Crippen molar-refractivity contribution in [3.63, 3.8) is 0 Å². The fraction of sp³-hybridized carbons (Fsp3) is 0.353. The Bertz CT molecular complexity index is 753. The van der Waals surface area contributed by atoms with Gasteiger partial charge in [-0.15, -0.1) is 5.10 Å². The van der Waals surface area contributed by atoms with E-state index in [1.807, 2.05) is 12.1 Å². The molecule has 0 saturated carbocycles. The molecule has 8 nitrogen and oxygen atoms in total. The number of amides is 1. The van der Waals surface area contributed by atoms with Crippen LogP contribution in [-0.4, -0.2) is 45.5 Å². The lowest BCUT2D eigenvalue weighted by Gasteiger charge is -2.23. The van der Waals surface area contributed by atoms with Gasteiger partial charge in [-0.2, -0.15) is 0 Å². The van der Waals surface area contributed by atoms with Gasteiger partial charge in [0.2, 0.25) is 5.91 Å². The van der Waals surface area contributed by atoms with Crippen LogP contribution in [0.3, 0.4) is 0 Å². The Morgan fingerprint density at radius 1 is 1.32 bits per heavy atom. The van der Waals surface area contributed by atoms with Crippen LogP contribution in [0.2, 0.25) is 0 Å². The molecule has 0 atom stereocenters. The summed E-state index contributed by atoms with van der Waals surface area (Å²) in [5, 5.41) is 11.0. The fourth-order valence-corrected chi connectivity index (χ4v) is 2.03. The number of rotatable bonds is 7. The molecule has 0 unspecified atom stereocenters. The lowest BCUT2D eigenvalue weighted by Crippen LogP contribution is -2.45. The highest BCUT2D eigenvalue weighted by molar-refractivity contribution is 5.83. The molecule has 25 heavy (non-hydrogen) atoms. The van der Waals surface area contributed by atoms with E-state index >= 15 is 0 Å². The average molecular weight is 343 g/mol. The van der Waals surface area contributed by atoms with Crippen LogP contribution in [-0.2, 0) is 19.9 Å². The molecule has 0 aliphatic heterocycles. The predicted octanol–water partition coefficient (Wildman–Crippen LogP) is 1.31. The first-order chi connectivity index (χ1) is 11.9. The van der Waals surface area contributed by atoms with E-state index in [1.54, 1.807) is 38.5 Å². The maximum absolute atomic E-state index is 12.4. The third kappa shape index (κ3) is 4.72. The highest BCUT2D eigenvalue weighted by atomic mass is 16.5. The number of nitrogens with one attached hydrogen (secondary N) is 1. The first kappa shape index (κ1) is 18.3. The molecule has 0 aliphatic carbocycles. The van der Waals surface area contributed by atoms with Crippen LogP contribution in [0.25, 0.3) is 11.3 Å². The SMILES string of the molecule is COC(=O)/C=C/CCNC(=O)C(C)(C)n1cc(-c2ccncc2)nn1. The number of hydrogen-bond donors (Lipinski definition) is 1. The number of methoxy groups -OCH3 is 1. The van der Waals surface area contributed by atoms with Crippen molar-refractivity contribution in [2.45, 2.75) is 25.8 Å². The highest BCUT2D eigenvalue weighted by Crippen LogP contribution is 2.19. The molecular formula is C17H21N5O3. The van der Waals surface area contributed by atoms with E-state index in [0.29, 0.717) is 18.7 Å². The van der Waals surface area contributed by atoms with E-state index in [-0.39, 0.29) is 5.91 Å². The molecule has 0 aliphatic rings. The van der Waals surface area contributed by atoms with E-state index < -0.39 is 11.5 Å². The summed E-state index contributed by atoms with van der Waals surface area (Å²) in [6, 6.07) is 3.66. The largest absolute Gasteiger partial charge is 0.466 e. The maximum atomic E-state index is 12.4. The van der Waals surface area contributed by atoms with E-state index in [9.17, 15) is 9.59 Å². The molecule has 2 aromatic rings.